The summed E-state index contributed by atoms with van der Waals surface area (Å²) in [5.74, 6) is 1.57. The zero-order chi connectivity index (χ0) is 18.4. The summed E-state index contributed by atoms with van der Waals surface area (Å²) in [4.78, 5) is 10.4. The van der Waals surface area contributed by atoms with Crippen molar-refractivity contribution >= 4 is 34.4 Å². The van der Waals surface area contributed by atoms with Crippen LogP contribution in [0.5, 0.6) is 17.2 Å². The number of nitrogens with zero attached hydrogens (tertiary/aromatic N) is 1. The molecule has 0 spiro atoms. The number of methoxy groups -OCH3 is 3. The maximum Gasteiger partial charge on any atom is 0.271 e. The highest BCUT2D eigenvalue weighted by molar-refractivity contribution is 7.80. The number of benzene rings is 2. The van der Waals surface area contributed by atoms with E-state index in [9.17, 15) is 10.1 Å². The van der Waals surface area contributed by atoms with Crippen molar-refractivity contribution < 1.29 is 19.1 Å². The predicted octanol–water partition coefficient (Wildman–Crippen LogP) is 3.43. The van der Waals surface area contributed by atoms with E-state index in [1.165, 1.54) is 32.4 Å². The minimum atomic E-state index is -0.491. The monoisotopic (exact) mass is 363 g/mol. The van der Waals surface area contributed by atoms with Crippen LogP contribution in [0.3, 0.4) is 0 Å². The number of hydrogen-bond acceptors (Lipinski definition) is 6. The van der Waals surface area contributed by atoms with Gasteiger partial charge < -0.3 is 24.8 Å². The first-order chi connectivity index (χ1) is 12.0. The second kappa shape index (κ2) is 8.15. The molecule has 0 radical (unpaired) electrons. The molecule has 2 rings (SSSR count). The number of nitro benzene ring substituents is 1. The van der Waals surface area contributed by atoms with Crippen LogP contribution in [0.25, 0.3) is 0 Å². The molecule has 0 amide bonds. The molecular weight excluding hydrogens is 346 g/mol. The quantitative estimate of drug-likeness (QED) is 0.458. The summed E-state index contributed by atoms with van der Waals surface area (Å²) in [7, 11) is 4.55. The van der Waals surface area contributed by atoms with Gasteiger partial charge in [-0.2, -0.15) is 0 Å². The summed E-state index contributed by atoms with van der Waals surface area (Å²) in [5.41, 5.74) is 0.978. The number of anilines is 2. The van der Waals surface area contributed by atoms with Gasteiger partial charge in [-0.15, -0.1) is 0 Å². The average Bonchev–Trinajstić information content (AvgIpc) is 2.61. The smallest absolute Gasteiger partial charge is 0.271 e. The fourth-order valence-corrected chi connectivity index (χ4v) is 2.33. The fraction of sp³-hybridized carbons (Fsp3) is 0.188. The molecule has 0 fully saturated rings. The molecule has 0 aliphatic rings. The van der Waals surface area contributed by atoms with E-state index in [0.717, 1.165) is 0 Å². The summed E-state index contributed by atoms with van der Waals surface area (Å²) in [6, 6.07) is 9.42. The molecule has 2 aromatic rings. The summed E-state index contributed by atoms with van der Waals surface area (Å²) in [6.07, 6.45) is 0. The van der Waals surface area contributed by atoms with Crippen molar-refractivity contribution in [2.75, 3.05) is 32.0 Å². The predicted molar refractivity (Wildman–Crippen MR) is 99.0 cm³/mol. The Labute approximate surface area is 149 Å². The lowest BCUT2D eigenvalue weighted by Gasteiger charge is -2.14. The van der Waals surface area contributed by atoms with Crippen LogP contribution in [0.15, 0.2) is 36.4 Å². The van der Waals surface area contributed by atoms with E-state index < -0.39 is 4.92 Å². The standard InChI is InChI=1S/C16H17N3O5S/c1-22-13-7-5-11(19(20)21)9-12(13)18-16(25)17-10-4-6-14(23-2)15(8-10)24-3/h4-9H,1-3H3,(H2,17,18,25). The van der Waals surface area contributed by atoms with Crippen molar-refractivity contribution in [3.8, 4) is 17.2 Å². The third-order valence-corrected chi connectivity index (χ3v) is 3.49. The number of nitro groups is 1. The largest absolute Gasteiger partial charge is 0.495 e. The Bertz CT molecular complexity index is 797. The van der Waals surface area contributed by atoms with Crippen molar-refractivity contribution in [2.24, 2.45) is 0 Å². The van der Waals surface area contributed by atoms with E-state index in [4.69, 9.17) is 26.4 Å². The van der Waals surface area contributed by atoms with E-state index in [2.05, 4.69) is 10.6 Å². The first-order valence-corrected chi connectivity index (χ1v) is 7.51. The number of hydrogen-bond donors (Lipinski definition) is 2. The maximum absolute atomic E-state index is 10.9. The van der Waals surface area contributed by atoms with Crippen LogP contribution in [0, 0.1) is 10.1 Å². The van der Waals surface area contributed by atoms with E-state index in [-0.39, 0.29) is 10.8 Å². The Morgan fingerprint density at radius 2 is 1.60 bits per heavy atom. The fourth-order valence-electron chi connectivity index (χ4n) is 2.11. The average molecular weight is 363 g/mol. The van der Waals surface area contributed by atoms with E-state index in [1.807, 2.05) is 0 Å². The lowest BCUT2D eigenvalue weighted by molar-refractivity contribution is -0.384. The Hall–Kier alpha value is -3.07. The Kier molecular flexibility index (Phi) is 5.96. The summed E-state index contributed by atoms with van der Waals surface area (Å²) >= 11 is 5.26. The molecule has 132 valence electrons. The van der Waals surface area contributed by atoms with Crippen LogP contribution in [0.4, 0.5) is 17.1 Å². The molecule has 0 aliphatic heterocycles. The van der Waals surface area contributed by atoms with Gasteiger partial charge in [-0.3, -0.25) is 10.1 Å². The molecule has 0 unspecified atom stereocenters. The van der Waals surface area contributed by atoms with Crippen LogP contribution < -0.4 is 24.8 Å². The van der Waals surface area contributed by atoms with Gasteiger partial charge in [0.1, 0.15) is 5.75 Å². The van der Waals surface area contributed by atoms with Gasteiger partial charge in [-0.25, -0.2) is 0 Å². The van der Waals surface area contributed by atoms with Crippen molar-refractivity contribution in [1.29, 1.82) is 0 Å². The van der Waals surface area contributed by atoms with Crippen LogP contribution in [-0.4, -0.2) is 31.4 Å². The highest BCUT2D eigenvalue weighted by Gasteiger charge is 2.13. The lowest BCUT2D eigenvalue weighted by atomic mass is 10.2. The SMILES string of the molecule is COc1ccc([N+](=O)[O-])cc1NC(=S)Nc1ccc(OC)c(OC)c1. The van der Waals surface area contributed by atoms with Gasteiger partial charge in [0, 0.05) is 23.9 Å². The maximum atomic E-state index is 10.9. The Morgan fingerprint density at radius 3 is 2.20 bits per heavy atom. The first-order valence-electron chi connectivity index (χ1n) is 7.11. The molecule has 0 aromatic heterocycles. The van der Waals surface area contributed by atoms with Gasteiger partial charge >= 0.3 is 0 Å². The third kappa shape index (κ3) is 4.48. The highest BCUT2D eigenvalue weighted by atomic mass is 32.1. The summed E-state index contributed by atoms with van der Waals surface area (Å²) < 4.78 is 15.6. The van der Waals surface area contributed by atoms with Crippen molar-refractivity contribution in [2.45, 2.75) is 0 Å². The van der Waals surface area contributed by atoms with E-state index in [0.29, 0.717) is 28.6 Å². The highest BCUT2D eigenvalue weighted by Crippen LogP contribution is 2.31. The molecule has 8 nitrogen and oxygen atoms in total. The molecule has 9 heteroatoms. The second-order valence-electron chi connectivity index (χ2n) is 4.79. The first kappa shape index (κ1) is 18.3. The summed E-state index contributed by atoms with van der Waals surface area (Å²) in [5, 5.41) is 17.0. The van der Waals surface area contributed by atoms with Crippen LogP contribution in [0.2, 0.25) is 0 Å². The van der Waals surface area contributed by atoms with E-state index in [1.54, 1.807) is 25.3 Å². The lowest BCUT2D eigenvalue weighted by Crippen LogP contribution is -2.19. The van der Waals surface area contributed by atoms with Crippen molar-refractivity contribution in [1.82, 2.24) is 0 Å². The second-order valence-corrected chi connectivity index (χ2v) is 5.20. The molecule has 25 heavy (non-hydrogen) atoms. The molecule has 0 aliphatic carbocycles. The molecule has 0 bridgehead atoms. The third-order valence-electron chi connectivity index (χ3n) is 3.28. The number of non-ortho nitro benzene ring substituents is 1. The van der Waals surface area contributed by atoms with Crippen LogP contribution >= 0.6 is 12.2 Å². The molecule has 0 saturated heterocycles. The number of ether oxygens (including phenoxy) is 3. The molecule has 0 saturated carbocycles. The normalized spacial score (nSPS) is 9.88. The van der Waals surface area contributed by atoms with Crippen LogP contribution in [-0.2, 0) is 0 Å². The Balaban J connectivity index is 2.17. The zero-order valence-corrected chi connectivity index (χ0v) is 14.7. The van der Waals surface area contributed by atoms with Crippen LogP contribution in [0.1, 0.15) is 0 Å². The Morgan fingerprint density at radius 1 is 0.960 bits per heavy atom. The minimum Gasteiger partial charge on any atom is -0.495 e. The van der Waals surface area contributed by atoms with Crippen molar-refractivity contribution in [3.05, 3.63) is 46.5 Å². The molecule has 0 atom stereocenters. The number of thiocarbonyl (C=S) groups is 1. The van der Waals surface area contributed by atoms with Gasteiger partial charge in [-0.1, -0.05) is 0 Å². The number of nitrogens with one attached hydrogen (secondary N) is 2. The molecule has 2 aromatic carbocycles. The van der Waals surface area contributed by atoms with Gasteiger partial charge in [0.2, 0.25) is 0 Å². The minimum absolute atomic E-state index is 0.0720. The van der Waals surface area contributed by atoms with Gasteiger partial charge in [-0.05, 0) is 30.4 Å². The van der Waals surface area contributed by atoms with Gasteiger partial charge in [0.15, 0.2) is 16.6 Å². The topological polar surface area (TPSA) is 94.9 Å². The van der Waals surface area contributed by atoms with Crippen molar-refractivity contribution in [3.63, 3.8) is 0 Å². The molecule has 2 N–H and O–H groups in total. The molecule has 0 heterocycles. The zero-order valence-electron chi connectivity index (χ0n) is 13.9. The van der Waals surface area contributed by atoms with Gasteiger partial charge in [0.25, 0.3) is 5.69 Å². The number of rotatable bonds is 6. The van der Waals surface area contributed by atoms with Gasteiger partial charge in [0.05, 0.1) is 31.9 Å². The van der Waals surface area contributed by atoms with E-state index >= 15 is 0 Å². The summed E-state index contributed by atoms with van der Waals surface area (Å²) in [6.45, 7) is 0. The molecular formula is C16H17N3O5S.